The molecule has 0 radical (unpaired) electrons. The highest BCUT2D eigenvalue weighted by Gasteiger charge is 2.28. The number of aromatic nitrogens is 1. The third-order valence-corrected chi connectivity index (χ3v) is 3.27. The lowest BCUT2D eigenvalue weighted by Gasteiger charge is -2.20. The number of likely N-dealkylation sites (tertiary alicyclic amines) is 1. The van der Waals surface area contributed by atoms with Crippen molar-refractivity contribution in [1.82, 2.24) is 14.8 Å². The second kappa shape index (κ2) is 4.71. The average Bonchev–Trinajstić information content (AvgIpc) is 2.78. The molecule has 0 spiro atoms. The number of carbonyl (C=O) groups excluding carboxylic acids is 1. The maximum atomic E-state index is 12.2. The zero-order valence-electron chi connectivity index (χ0n) is 10.3. The van der Waals surface area contributed by atoms with Crippen LogP contribution in [0.5, 0.6) is 0 Å². The predicted octanol–water partition coefficient (Wildman–Crippen LogP) is 0.440. The largest absolute Gasteiger partial charge is 0.398 e. The number of pyridine rings is 1. The Morgan fingerprint density at radius 3 is 2.94 bits per heavy atom. The van der Waals surface area contributed by atoms with E-state index in [0.29, 0.717) is 17.3 Å². The summed E-state index contributed by atoms with van der Waals surface area (Å²) in [5.74, 6) is -0.0139. The third kappa shape index (κ3) is 2.39. The lowest BCUT2D eigenvalue weighted by molar-refractivity contribution is 0.0783. The smallest absolute Gasteiger partial charge is 0.257 e. The molecule has 1 atom stereocenters. The van der Waals surface area contributed by atoms with Gasteiger partial charge < -0.3 is 15.5 Å². The molecule has 1 aromatic rings. The Hall–Kier alpha value is -1.62. The molecule has 1 fully saturated rings. The van der Waals surface area contributed by atoms with Crippen molar-refractivity contribution >= 4 is 11.6 Å². The van der Waals surface area contributed by atoms with Gasteiger partial charge in [0.05, 0.1) is 5.56 Å². The molecule has 1 unspecified atom stereocenters. The van der Waals surface area contributed by atoms with Crippen LogP contribution in [-0.4, -0.2) is 53.9 Å². The Morgan fingerprint density at radius 2 is 2.35 bits per heavy atom. The van der Waals surface area contributed by atoms with E-state index in [4.69, 9.17) is 5.73 Å². The molecule has 0 bridgehead atoms. The number of nitrogen functional groups attached to an aromatic ring is 1. The topological polar surface area (TPSA) is 62.5 Å². The van der Waals surface area contributed by atoms with Crippen LogP contribution in [0.3, 0.4) is 0 Å². The van der Waals surface area contributed by atoms with E-state index in [1.165, 1.54) is 0 Å². The Bertz CT molecular complexity index is 419. The van der Waals surface area contributed by atoms with Crippen LogP contribution in [-0.2, 0) is 0 Å². The van der Waals surface area contributed by atoms with Gasteiger partial charge in [-0.3, -0.25) is 9.78 Å². The summed E-state index contributed by atoms with van der Waals surface area (Å²) in [6.45, 7) is 1.55. The van der Waals surface area contributed by atoms with Crippen LogP contribution in [0.2, 0.25) is 0 Å². The molecule has 1 aromatic heterocycles. The lowest BCUT2D eigenvalue weighted by Crippen LogP contribution is -2.34. The van der Waals surface area contributed by atoms with Crippen LogP contribution in [0, 0.1) is 0 Å². The summed E-state index contributed by atoms with van der Waals surface area (Å²) in [5, 5.41) is 0. The maximum Gasteiger partial charge on any atom is 0.257 e. The van der Waals surface area contributed by atoms with Crippen LogP contribution < -0.4 is 5.73 Å². The molecule has 92 valence electrons. The molecule has 17 heavy (non-hydrogen) atoms. The van der Waals surface area contributed by atoms with E-state index in [-0.39, 0.29) is 5.91 Å². The number of rotatable bonds is 2. The van der Waals surface area contributed by atoms with E-state index in [1.54, 1.807) is 18.5 Å². The summed E-state index contributed by atoms with van der Waals surface area (Å²) in [7, 11) is 4.08. The number of carbonyl (C=O) groups is 1. The zero-order chi connectivity index (χ0) is 12.4. The lowest BCUT2D eigenvalue weighted by atomic mass is 10.2. The minimum atomic E-state index is -0.0139. The molecule has 2 heterocycles. The Kier molecular flexibility index (Phi) is 3.28. The van der Waals surface area contributed by atoms with Crippen molar-refractivity contribution in [2.45, 2.75) is 12.5 Å². The first-order valence-corrected chi connectivity index (χ1v) is 5.75. The second-order valence-electron chi connectivity index (χ2n) is 4.62. The first-order valence-electron chi connectivity index (χ1n) is 5.75. The number of anilines is 1. The Morgan fingerprint density at radius 1 is 1.59 bits per heavy atom. The molecule has 1 aliphatic heterocycles. The van der Waals surface area contributed by atoms with Crippen molar-refractivity contribution < 1.29 is 4.79 Å². The van der Waals surface area contributed by atoms with Gasteiger partial charge >= 0.3 is 0 Å². The van der Waals surface area contributed by atoms with Gasteiger partial charge in [-0.05, 0) is 26.6 Å². The summed E-state index contributed by atoms with van der Waals surface area (Å²) in [6.07, 6.45) is 4.15. The fraction of sp³-hybridized carbons (Fsp3) is 0.500. The van der Waals surface area contributed by atoms with Crippen molar-refractivity contribution in [3.8, 4) is 0 Å². The van der Waals surface area contributed by atoms with Gasteiger partial charge in [-0.15, -0.1) is 0 Å². The van der Waals surface area contributed by atoms with Gasteiger partial charge in [0.1, 0.15) is 0 Å². The highest BCUT2D eigenvalue weighted by atomic mass is 16.2. The van der Waals surface area contributed by atoms with Gasteiger partial charge in [-0.1, -0.05) is 0 Å². The van der Waals surface area contributed by atoms with E-state index >= 15 is 0 Å². The summed E-state index contributed by atoms with van der Waals surface area (Å²) >= 11 is 0. The van der Waals surface area contributed by atoms with E-state index in [1.807, 2.05) is 19.0 Å². The second-order valence-corrected chi connectivity index (χ2v) is 4.62. The van der Waals surface area contributed by atoms with E-state index in [9.17, 15) is 4.79 Å². The van der Waals surface area contributed by atoms with Crippen molar-refractivity contribution in [2.75, 3.05) is 32.9 Å². The highest BCUT2D eigenvalue weighted by Crippen LogP contribution is 2.18. The van der Waals surface area contributed by atoms with Crippen molar-refractivity contribution in [3.05, 3.63) is 24.0 Å². The van der Waals surface area contributed by atoms with E-state index in [0.717, 1.165) is 19.5 Å². The van der Waals surface area contributed by atoms with Crippen LogP contribution in [0.25, 0.3) is 0 Å². The summed E-state index contributed by atoms with van der Waals surface area (Å²) < 4.78 is 0. The van der Waals surface area contributed by atoms with Gasteiger partial charge in [0.15, 0.2) is 0 Å². The number of nitrogens with zero attached hydrogens (tertiary/aromatic N) is 3. The Balaban J connectivity index is 2.10. The zero-order valence-corrected chi connectivity index (χ0v) is 10.3. The highest BCUT2D eigenvalue weighted by molar-refractivity contribution is 5.98. The minimum absolute atomic E-state index is 0.0139. The van der Waals surface area contributed by atoms with Crippen LogP contribution in [0.4, 0.5) is 5.69 Å². The van der Waals surface area contributed by atoms with E-state index in [2.05, 4.69) is 9.88 Å². The molecule has 2 N–H and O–H groups in total. The fourth-order valence-electron chi connectivity index (χ4n) is 2.10. The predicted molar refractivity (Wildman–Crippen MR) is 66.6 cm³/mol. The van der Waals surface area contributed by atoms with Crippen molar-refractivity contribution in [2.24, 2.45) is 0 Å². The summed E-state index contributed by atoms with van der Waals surface area (Å²) in [6, 6.07) is 2.10. The molecule has 5 nitrogen and oxygen atoms in total. The van der Waals surface area contributed by atoms with Crippen LogP contribution in [0.1, 0.15) is 16.8 Å². The first kappa shape index (κ1) is 11.9. The summed E-state index contributed by atoms with van der Waals surface area (Å²) in [5.41, 5.74) is 6.79. The van der Waals surface area contributed by atoms with Crippen molar-refractivity contribution in [1.29, 1.82) is 0 Å². The quantitative estimate of drug-likeness (QED) is 0.806. The fourth-order valence-corrected chi connectivity index (χ4v) is 2.10. The van der Waals surface area contributed by atoms with Gasteiger partial charge in [0, 0.05) is 37.2 Å². The molecule has 1 amide bonds. The van der Waals surface area contributed by atoms with E-state index < -0.39 is 0 Å². The monoisotopic (exact) mass is 234 g/mol. The number of hydrogen-bond acceptors (Lipinski definition) is 4. The molecule has 0 aromatic carbocycles. The molecular formula is C12H18N4O. The Labute approximate surface area is 101 Å². The first-order chi connectivity index (χ1) is 8.09. The normalized spacial score (nSPS) is 19.9. The molecular weight excluding hydrogens is 216 g/mol. The average molecular weight is 234 g/mol. The number of hydrogen-bond donors (Lipinski definition) is 1. The molecule has 1 aliphatic rings. The van der Waals surface area contributed by atoms with Crippen LogP contribution in [0.15, 0.2) is 18.5 Å². The number of amides is 1. The SMILES string of the molecule is CN(C)C1CCN(C(=O)c2cnccc2N)C1. The van der Waals surface area contributed by atoms with Gasteiger partial charge in [0.2, 0.25) is 0 Å². The van der Waals surface area contributed by atoms with Crippen molar-refractivity contribution in [3.63, 3.8) is 0 Å². The molecule has 5 heteroatoms. The third-order valence-electron chi connectivity index (χ3n) is 3.27. The van der Waals surface area contributed by atoms with Gasteiger partial charge in [0.25, 0.3) is 5.91 Å². The number of likely N-dealkylation sites (N-methyl/N-ethyl adjacent to an activating group) is 1. The molecule has 0 saturated carbocycles. The maximum absolute atomic E-state index is 12.2. The summed E-state index contributed by atoms with van der Waals surface area (Å²) in [4.78, 5) is 20.2. The molecule has 1 saturated heterocycles. The minimum Gasteiger partial charge on any atom is -0.398 e. The van der Waals surface area contributed by atoms with Gasteiger partial charge in [-0.25, -0.2) is 0 Å². The standard InChI is InChI=1S/C12H18N4O/c1-15(2)9-4-6-16(8-9)12(17)10-7-14-5-3-11(10)13/h3,5,7,9H,4,6,8H2,1-2H3,(H2,13,14). The number of nitrogens with two attached hydrogens (primary N) is 1. The van der Waals surface area contributed by atoms with Gasteiger partial charge in [-0.2, -0.15) is 0 Å². The molecule has 2 rings (SSSR count). The van der Waals surface area contributed by atoms with Crippen LogP contribution >= 0.6 is 0 Å². The molecule has 0 aliphatic carbocycles.